The van der Waals surface area contributed by atoms with E-state index in [1.807, 2.05) is 20.8 Å². The summed E-state index contributed by atoms with van der Waals surface area (Å²) in [7, 11) is 0. The van der Waals surface area contributed by atoms with Crippen LogP contribution >= 0.6 is 0 Å². The second-order valence-electron chi connectivity index (χ2n) is 4.68. The summed E-state index contributed by atoms with van der Waals surface area (Å²) in [5.74, 6) is 0.293. The number of halogens is 1. The van der Waals surface area contributed by atoms with Gasteiger partial charge in [-0.05, 0) is 26.7 Å². The first-order valence-electron chi connectivity index (χ1n) is 6.03. The highest BCUT2D eigenvalue weighted by atomic mass is 19.1. The molecule has 96 valence electrons. The molecule has 4 nitrogen and oxygen atoms in total. The van der Waals surface area contributed by atoms with Crippen LogP contribution in [0.4, 0.5) is 16.2 Å². The highest BCUT2D eigenvalue weighted by Gasteiger charge is 2.18. The van der Waals surface area contributed by atoms with E-state index in [0.29, 0.717) is 5.95 Å². The Labute approximate surface area is 102 Å². The summed E-state index contributed by atoms with van der Waals surface area (Å²) in [6.45, 7) is 8.89. The Bertz CT molecular complexity index is 366. The highest BCUT2D eigenvalue weighted by molar-refractivity contribution is 5.42. The Hall–Kier alpha value is -1.39. The van der Waals surface area contributed by atoms with Crippen molar-refractivity contribution in [2.75, 3.05) is 17.2 Å². The molecule has 0 aliphatic rings. The van der Waals surface area contributed by atoms with Gasteiger partial charge in [0, 0.05) is 12.1 Å². The molecule has 0 fully saturated rings. The molecule has 5 heteroatoms. The second-order valence-corrected chi connectivity index (χ2v) is 4.68. The van der Waals surface area contributed by atoms with Gasteiger partial charge >= 0.3 is 0 Å². The van der Waals surface area contributed by atoms with Crippen molar-refractivity contribution in [1.29, 1.82) is 0 Å². The molecule has 1 heterocycles. The third kappa shape index (κ3) is 4.17. The average molecular weight is 240 g/mol. The zero-order valence-electron chi connectivity index (χ0n) is 11.0. The van der Waals surface area contributed by atoms with Gasteiger partial charge in [-0.15, -0.1) is 0 Å². The topological polar surface area (TPSA) is 49.8 Å². The van der Waals surface area contributed by atoms with Crippen LogP contribution in [0.15, 0.2) is 6.20 Å². The quantitative estimate of drug-likeness (QED) is 0.802. The molecule has 2 N–H and O–H groups in total. The van der Waals surface area contributed by atoms with Crippen LogP contribution in [0.3, 0.4) is 0 Å². The summed E-state index contributed by atoms with van der Waals surface area (Å²) in [4.78, 5) is 8.03. The van der Waals surface area contributed by atoms with E-state index in [2.05, 4.69) is 27.5 Å². The van der Waals surface area contributed by atoms with E-state index in [9.17, 15) is 4.39 Å². The zero-order valence-corrected chi connectivity index (χ0v) is 11.0. The van der Waals surface area contributed by atoms with Crippen LogP contribution in [0.1, 0.15) is 40.5 Å². The second kappa shape index (κ2) is 5.80. The van der Waals surface area contributed by atoms with Crippen molar-refractivity contribution in [1.82, 2.24) is 9.97 Å². The normalized spacial score (nSPS) is 11.4. The van der Waals surface area contributed by atoms with E-state index in [0.717, 1.165) is 19.4 Å². The van der Waals surface area contributed by atoms with Crippen molar-refractivity contribution in [2.24, 2.45) is 0 Å². The largest absolute Gasteiger partial charge is 0.363 e. The van der Waals surface area contributed by atoms with Gasteiger partial charge in [0.15, 0.2) is 11.6 Å². The van der Waals surface area contributed by atoms with Crippen molar-refractivity contribution in [2.45, 2.75) is 46.1 Å². The summed E-state index contributed by atoms with van der Waals surface area (Å²) in [6, 6.07) is 0. The molecule has 0 saturated carbocycles. The Morgan fingerprint density at radius 2 is 2.06 bits per heavy atom. The van der Waals surface area contributed by atoms with E-state index in [-0.39, 0.29) is 11.4 Å². The first-order valence-corrected chi connectivity index (χ1v) is 6.03. The Morgan fingerprint density at radius 3 is 2.65 bits per heavy atom. The molecule has 0 saturated heterocycles. The maximum absolute atomic E-state index is 13.5. The van der Waals surface area contributed by atoms with E-state index < -0.39 is 5.82 Å². The van der Waals surface area contributed by atoms with Crippen LogP contribution in [-0.4, -0.2) is 22.1 Å². The minimum Gasteiger partial charge on any atom is -0.363 e. The third-order valence-corrected chi connectivity index (χ3v) is 2.62. The van der Waals surface area contributed by atoms with Crippen molar-refractivity contribution in [3.05, 3.63) is 12.0 Å². The van der Waals surface area contributed by atoms with Gasteiger partial charge in [-0.1, -0.05) is 13.8 Å². The van der Waals surface area contributed by atoms with E-state index in [1.165, 1.54) is 6.20 Å². The lowest BCUT2D eigenvalue weighted by Gasteiger charge is -2.25. The number of aromatic nitrogens is 2. The van der Waals surface area contributed by atoms with Crippen LogP contribution in [0.2, 0.25) is 0 Å². The van der Waals surface area contributed by atoms with Crippen molar-refractivity contribution in [3.63, 3.8) is 0 Å². The molecule has 0 aliphatic carbocycles. The van der Waals surface area contributed by atoms with Gasteiger partial charge in [-0.2, -0.15) is 4.98 Å². The number of rotatable bonds is 6. The number of hydrogen-bond acceptors (Lipinski definition) is 4. The maximum Gasteiger partial charge on any atom is 0.224 e. The lowest BCUT2D eigenvalue weighted by atomic mass is 10.0. The predicted octanol–water partition coefficient (Wildman–Crippen LogP) is 3.04. The van der Waals surface area contributed by atoms with Gasteiger partial charge in [-0.25, -0.2) is 9.37 Å². The lowest BCUT2D eigenvalue weighted by Crippen LogP contribution is -2.30. The summed E-state index contributed by atoms with van der Waals surface area (Å²) in [6.07, 6.45) is 3.05. The standard InChI is InChI=1S/C12H21FN4/c1-5-7-14-11-15-8-9(13)10(16-11)17-12(3,4)6-2/h8H,5-7H2,1-4H3,(H2,14,15,16,17). The molecule has 0 atom stereocenters. The molecule has 0 unspecified atom stereocenters. The molecule has 0 aliphatic heterocycles. The first-order chi connectivity index (χ1) is 7.98. The maximum atomic E-state index is 13.5. The molecule has 1 aromatic rings. The molecule has 0 radical (unpaired) electrons. The predicted molar refractivity (Wildman–Crippen MR) is 68.8 cm³/mol. The van der Waals surface area contributed by atoms with Crippen molar-refractivity contribution >= 4 is 11.8 Å². The van der Waals surface area contributed by atoms with Crippen LogP contribution in [0.25, 0.3) is 0 Å². The molecule has 1 rings (SSSR count). The molecule has 0 amide bonds. The average Bonchev–Trinajstić information content (AvgIpc) is 2.30. The number of hydrogen-bond donors (Lipinski definition) is 2. The fourth-order valence-corrected chi connectivity index (χ4v) is 1.19. The fourth-order valence-electron chi connectivity index (χ4n) is 1.19. The minimum atomic E-state index is -0.423. The van der Waals surface area contributed by atoms with Gasteiger partial charge in [0.1, 0.15) is 0 Å². The molecule has 0 aromatic carbocycles. The summed E-state index contributed by atoms with van der Waals surface area (Å²) in [5, 5.41) is 6.12. The van der Waals surface area contributed by atoms with Crippen LogP contribution < -0.4 is 10.6 Å². The molecule has 0 bridgehead atoms. The molecular weight excluding hydrogens is 219 g/mol. The molecule has 17 heavy (non-hydrogen) atoms. The monoisotopic (exact) mass is 240 g/mol. The van der Waals surface area contributed by atoms with Gasteiger partial charge in [-0.3, -0.25) is 0 Å². The smallest absolute Gasteiger partial charge is 0.224 e. The Balaban J connectivity index is 2.83. The highest BCUT2D eigenvalue weighted by Crippen LogP contribution is 2.19. The zero-order chi connectivity index (χ0) is 12.9. The van der Waals surface area contributed by atoms with Gasteiger partial charge in [0.25, 0.3) is 0 Å². The third-order valence-electron chi connectivity index (χ3n) is 2.62. The molecule has 0 spiro atoms. The summed E-state index contributed by atoms with van der Waals surface area (Å²) in [5.41, 5.74) is -0.183. The van der Waals surface area contributed by atoms with E-state index in [1.54, 1.807) is 0 Å². The minimum absolute atomic E-state index is 0.183. The van der Waals surface area contributed by atoms with Crippen LogP contribution in [0.5, 0.6) is 0 Å². The lowest BCUT2D eigenvalue weighted by molar-refractivity contribution is 0.532. The van der Waals surface area contributed by atoms with Gasteiger partial charge < -0.3 is 10.6 Å². The Morgan fingerprint density at radius 1 is 1.35 bits per heavy atom. The Kier molecular flexibility index (Phi) is 4.66. The molecule has 1 aromatic heterocycles. The van der Waals surface area contributed by atoms with Gasteiger partial charge in [0.05, 0.1) is 6.20 Å². The van der Waals surface area contributed by atoms with E-state index in [4.69, 9.17) is 0 Å². The molecular formula is C12H21FN4. The number of anilines is 2. The first kappa shape index (κ1) is 13.7. The number of nitrogens with one attached hydrogen (secondary N) is 2. The fraction of sp³-hybridized carbons (Fsp3) is 0.667. The summed E-state index contributed by atoms with van der Waals surface area (Å²) < 4.78 is 13.5. The van der Waals surface area contributed by atoms with Crippen LogP contribution in [0, 0.1) is 5.82 Å². The van der Waals surface area contributed by atoms with Gasteiger partial charge in [0.2, 0.25) is 5.95 Å². The summed E-state index contributed by atoms with van der Waals surface area (Å²) >= 11 is 0. The SMILES string of the molecule is CCCNc1ncc(F)c(NC(C)(C)CC)n1. The van der Waals surface area contributed by atoms with E-state index >= 15 is 0 Å². The van der Waals surface area contributed by atoms with Crippen molar-refractivity contribution < 1.29 is 4.39 Å². The number of nitrogens with zero attached hydrogens (tertiary/aromatic N) is 2. The van der Waals surface area contributed by atoms with Crippen molar-refractivity contribution in [3.8, 4) is 0 Å². The van der Waals surface area contributed by atoms with Crippen LogP contribution in [-0.2, 0) is 0 Å².